The maximum absolute atomic E-state index is 11.3. The summed E-state index contributed by atoms with van der Waals surface area (Å²) in [5.74, 6) is 0.0822. The molecule has 1 amide bonds. The predicted octanol–water partition coefficient (Wildman–Crippen LogP) is -0.0258. The number of carbonyl (C=O) groups is 1. The Morgan fingerprint density at radius 1 is 1.36 bits per heavy atom. The molecule has 0 atom stereocenters. The van der Waals surface area contributed by atoms with E-state index in [4.69, 9.17) is 10.5 Å². The van der Waals surface area contributed by atoms with Crippen LogP contribution in [0.25, 0.3) is 0 Å². The third kappa shape index (κ3) is 1.77. The first-order valence-electron chi connectivity index (χ1n) is 5.31. The van der Waals surface area contributed by atoms with E-state index in [2.05, 4.69) is 0 Å². The molecule has 1 spiro atoms. The van der Waals surface area contributed by atoms with E-state index < -0.39 is 0 Å². The highest BCUT2D eigenvalue weighted by molar-refractivity contribution is 5.78. The molecule has 0 aliphatic carbocycles. The van der Waals surface area contributed by atoms with Crippen LogP contribution in [-0.2, 0) is 9.53 Å². The van der Waals surface area contributed by atoms with Crippen LogP contribution in [0, 0.1) is 5.41 Å². The molecule has 2 aliphatic rings. The summed E-state index contributed by atoms with van der Waals surface area (Å²) in [5.41, 5.74) is 5.71. The zero-order valence-corrected chi connectivity index (χ0v) is 8.50. The first-order chi connectivity index (χ1) is 6.76. The van der Waals surface area contributed by atoms with Gasteiger partial charge in [0.1, 0.15) is 0 Å². The number of likely N-dealkylation sites (tertiary alicyclic amines) is 1. The van der Waals surface area contributed by atoms with E-state index in [1.165, 1.54) is 0 Å². The number of hydrogen-bond acceptors (Lipinski definition) is 3. The minimum atomic E-state index is 0.0822. The topological polar surface area (TPSA) is 55.6 Å². The fraction of sp³-hybridized carbons (Fsp3) is 0.900. The lowest BCUT2D eigenvalue weighted by Gasteiger charge is -2.38. The molecular weight excluding hydrogens is 180 g/mol. The second-order valence-corrected chi connectivity index (χ2v) is 4.39. The molecule has 0 bridgehead atoms. The molecule has 2 aliphatic heterocycles. The molecule has 2 fully saturated rings. The van der Waals surface area contributed by atoms with Crippen molar-refractivity contribution < 1.29 is 9.53 Å². The third-order valence-electron chi connectivity index (χ3n) is 3.54. The minimum Gasteiger partial charge on any atom is -0.381 e. The molecule has 0 saturated carbocycles. The van der Waals surface area contributed by atoms with Crippen LogP contribution in [0.2, 0.25) is 0 Å². The number of piperidine rings is 1. The number of nitrogens with zero attached hydrogens (tertiary/aromatic N) is 1. The number of rotatable bonds is 1. The average molecular weight is 198 g/mol. The van der Waals surface area contributed by atoms with Crippen LogP contribution in [0.5, 0.6) is 0 Å². The fourth-order valence-electron chi connectivity index (χ4n) is 2.40. The van der Waals surface area contributed by atoms with Gasteiger partial charge in [-0.25, -0.2) is 0 Å². The van der Waals surface area contributed by atoms with Gasteiger partial charge in [-0.3, -0.25) is 4.79 Å². The highest BCUT2D eigenvalue weighted by Crippen LogP contribution is 2.38. The van der Waals surface area contributed by atoms with Crippen LogP contribution in [0.1, 0.15) is 19.3 Å². The number of amides is 1. The Morgan fingerprint density at radius 2 is 2.07 bits per heavy atom. The summed E-state index contributed by atoms with van der Waals surface area (Å²) < 4.78 is 5.43. The molecule has 0 aromatic rings. The molecule has 4 nitrogen and oxygen atoms in total. The zero-order chi connectivity index (χ0) is 10.0. The Balaban J connectivity index is 1.88. The monoisotopic (exact) mass is 198 g/mol. The molecular formula is C10H18N2O2. The van der Waals surface area contributed by atoms with Crippen LogP contribution in [0.3, 0.4) is 0 Å². The summed E-state index contributed by atoms with van der Waals surface area (Å²) in [5, 5.41) is 0. The van der Waals surface area contributed by atoms with Gasteiger partial charge in [0.2, 0.25) is 5.91 Å². The van der Waals surface area contributed by atoms with Crippen molar-refractivity contribution in [2.75, 3.05) is 32.8 Å². The number of hydrogen-bond donors (Lipinski definition) is 1. The first-order valence-corrected chi connectivity index (χ1v) is 5.31. The molecule has 0 aromatic heterocycles. The van der Waals surface area contributed by atoms with E-state index in [-0.39, 0.29) is 12.5 Å². The van der Waals surface area contributed by atoms with Gasteiger partial charge in [0.05, 0.1) is 13.2 Å². The Labute approximate surface area is 84.4 Å². The van der Waals surface area contributed by atoms with Crippen LogP contribution in [-0.4, -0.2) is 43.7 Å². The maximum Gasteiger partial charge on any atom is 0.236 e. The molecule has 80 valence electrons. The molecule has 14 heavy (non-hydrogen) atoms. The number of carbonyl (C=O) groups excluding carboxylic acids is 1. The molecule has 0 unspecified atom stereocenters. The van der Waals surface area contributed by atoms with Crippen molar-refractivity contribution in [1.29, 1.82) is 0 Å². The summed E-state index contributed by atoms with van der Waals surface area (Å²) >= 11 is 0. The van der Waals surface area contributed by atoms with Crippen molar-refractivity contribution in [3.8, 4) is 0 Å². The minimum absolute atomic E-state index is 0.0822. The van der Waals surface area contributed by atoms with Gasteiger partial charge in [-0.2, -0.15) is 0 Å². The largest absolute Gasteiger partial charge is 0.381 e. The maximum atomic E-state index is 11.3. The molecule has 2 N–H and O–H groups in total. The molecule has 2 heterocycles. The molecule has 2 rings (SSSR count). The predicted molar refractivity (Wildman–Crippen MR) is 52.7 cm³/mol. The summed E-state index contributed by atoms with van der Waals surface area (Å²) in [6.07, 6.45) is 3.33. The van der Waals surface area contributed by atoms with Crippen molar-refractivity contribution in [3.63, 3.8) is 0 Å². The second kappa shape index (κ2) is 3.87. The van der Waals surface area contributed by atoms with E-state index >= 15 is 0 Å². The van der Waals surface area contributed by atoms with Crippen molar-refractivity contribution in [1.82, 2.24) is 4.90 Å². The van der Waals surface area contributed by atoms with Crippen LogP contribution < -0.4 is 5.73 Å². The molecule has 4 heteroatoms. The van der Waals surface area contributed by atoms with Gasteiger partial charge in [0.15, 0.2) is 0 Å². The lowest BCUT2D eigenvalue weighted by molar-refractivity contribution is -0.132. The number of nitrogens with two attached hydrogens (primary N) is 1. The summed E-state index contributed by atoms with van der Waals surface area (Å²) in [6, 6.07) is 0. The summed E-state index contributed by atoms with van der Waals surface area (Å²) in [7, 11) is 0. The van der Waals surface area contributed by atoms with Gasteiger partial charge < -0.3 is 15.4 Å². The molecule has 0 aromatic carbocycles. The molecule has 0 radical (unpaired) electrons. The van der Waals surface area contributed by atoms with Crippen LogP contribution in [0.15, 0.2) is 0 Å². The lowest BCUT2D eigenvalue weighted by Crippen LogP contribution is -2.45. The SMILES string of the molecule is NCC(=O)N1CCC2(CCOC2)CC1. The first kappa shape index (κ1) is 9.93. The van der Waals surface area contributed by atoms with E-state index in [1.54, 1.807) is 0 Å². The van der Waals surface area contributed by atoms with Gasteiger partial charge >= 0.3 is 0 Å². The van der Waals surface area contributed by atoms with Crippen LogP contribution >= 0.6 is 0 Å². The van der Waals surface area contributed by atoms with E-state index in [0.717, 1.165) is 45.6 Å². The van der Waals surface area contributed by atoms with Gasteiger partial charge in [0, 0.05) is 19.7 Å². The van der Waals surface area contributed by atoms with Gasteiger partial charge in [0.25, 0.3) is 0 Å². The molecule has 2 saturated heterocycles. The van der Waals surface area contributed by atoms with Crippen molar-refractivity contribution in [2.45, 2.75) is 19.3 Å². The lowest BCUT2D eigenvalue weighted by atomic mass is 9.78. The normalized spacial score (nSPS) is 25.6. The van der Waals surface area contributed by atoms with Gasteiger partial charge in [-0.1, -0.05) is 0 Å². The Kier molecular flexibility index (Phi) is 2.74. The second-order valence-electron chi connectivity index (χ2n) is 4.39. The van der Waals surface area contributed by atoms with Gasteiger partial charge in [-0.15, -0.1) is 0 Å². The van der Waals surface area contributed by atoms with Gasteiger partial charge in [-0.05, 0) is 24.7 Å². The quantitative estimate of drug-likeness (QED) is 0.644. The highest BCUT2D eigenvalue weighted by atomic mass is 16.5. The zero-order valence-electron chi connectivity index (χ0n) is 8.50. The average Bonchev–Trinajstić information content (AvgIpc) is 2.67. The van der Waals surface area contributed by atoms with Crippen molar-refractivity contribution in [2.24, 2.45) is 11.1 Å². The Morgan fingerprint density at radius 3 is 2.57 bits per heavy atom. The third-order valence-corrected chi connectivity index (χ3v) is 3.54. The van der Waals surface area contributed by atoms with Crippen molar-refractivity contribution in [3.05, 3.63) is 0 Å². The highest BCUT2D eigenvalue weighted by Gasteiger charge is 2.38. The number of ether oxygens (including phenoxy) is 1. The van der Waals surface area contributed by atoms with E-state index in [0.29, 0.717) is 5.41 Å². The summed E-state index contributed by atoms with van der Waals surface area (Å²) in [4.78, 5) is 13.2. The Hall–Kier alpha value is -0.610. The van der Waals surface area contributed by atoms with Crippen molar-refractivity contribution >= 4 is 5.91 Å². The standard InChI is InChI=1S/C10H18N2O2/c11-7-9(13)12-4-1-10(2-5-12)3-6-14-8-10/h1-8,11H2. The van der Waals surface area contributed by atoms with E-state index in [1.807, 2.05) is 4.90 Å². The smallest absolute Gasteiger partial charge is 0.236 e. The Bertz CT molecular complexity index is 214. The van der Waals surface area contributed by atoms with E-state index in [9.17, 15) is 4.79 Å². The van der Waals surface area contributed by atoms with Crippen LogP contribution in [0.4, 0.5) is 0 Å². The fourth-order valence-corrected chi connectivity index (χ4v) is 2.40. The summed E-state index contributed by atoms with van der Waals surface area (Å²) in [6.45, 7) is 3.64.